The van der Waals surface area contributed by atoms with E-state index in [1.807, 2.05) is 0 Å². The number of benzene rings is 3. The van der Waals surface area contributed by atoms with E-state index in [1.54, 1.807) is 0 Å². The average molecular weight is 382 g/mol. The van der Waals surface area contributed by atoms with Crippen molar-refractivity contribution in [2.45, 2.75) is 0 Å². The Labute approximate surface area is 153 Å². The highest BCUT2D eigenvalue weighted by Crippen LogP contribution is 2.46. The number of halogens is 3. The predicted molar refractivity (Wildman–Crippen MR) is 97.3 cm³/mol. The maximum Gasteiger partial charge on any atom is 0.131 e. The van der Waals surface area contributed by atoms with E-state index in [0.29, 0.717) is 26.2 Å². The standard InChI is InChI=1S/C18H11Cl3O3/c19-9-1-3-16(22)12(5-9)14-7-11(21)8-15(18(14)24)13-6-10(20)2-4-17(13)23/h1-8,22-24H. The van der Waals surface area contributed by atoms with Gasteiger partial charge in [-0.1, -0.05) is 34.8 Å². The molecule has 3 aromatic rings. The number of rotatable bonds is 2. The summed E-state index contributed by atoms with van der Waals surface area (Å²) in [6, 6.07) is 12.0. The summed E-state index contributed by atoms with van der Waals surface area (Å²) in [5.41, 5.74) is 1.23. The van der Waals surface area contributed by atoms with E-state index in [1.165, 1.54) is 48.5 Å². The summed E-state index contributed by atoms with van der Waals surface area (Å²) in [7, 11) is 0. The quantitative estimate of drug-likeness (QED) is 0.503. The molecular formula is C18H11Cl3O3. The first kappa shape index (κ1) is 16.8. The molecule has 3 aromatic carbocycles. The van der Waals surface area contributed by atoms with Gasteiger partial charge in [0.05, 0.1) is 0 Å². The van der Waals surface area contributed by atoms with Gasteiger partial charge in [0.25, 0.3) is 0 Å². The molecule has 0 saturated heterocycles. The summed E-state index contributed by atoms with van der Waals surface area (Å²) < 4.78 is 0. The molecule has 0 aromatic heterocycles. The van der Waals surface area contributed by atoms with E-state index in [0.717, 1.165) is 0 Å². The molecule has 24 heavy (non-hydrogen) atoms. The van der Waals surface area contributed by atoms with E-state index in [9.17, 15) is 15.3 Å². The molecule has 6 heteroatoms. The van der Waals surface area contributed by atoms with E-state index >= 15 is 0 Å². The Hall–Kier alpha value is -2.07. The number of hydrogen-bond acceptors (Lipinski definition) is 3. The van der Waals surface area contributed by atoms with E-state index in [2.05, 4.69) is 0 Å². The molecule has 0 atom stereocenters. The van der Waals surface area contributed by atoms with Gasteiger partial charge in [-0.05, 0) is 48.5 Å². The third kappa shape index (κ3) is 3.11. The van der Waals surface area contributed by atoms with Crippen molar-refractivity contribution in [2.24, 2.45) is 0 Å². The number of phenolic OH excluding ortho intramolecular Hbond substituents is 3. The Morgan fingerprint density at radius 1 is 0.500 bits per heavy atom. The maximum absolute atomic E-state index is 10.7. The van der Waals surface area contributed by atoms with Crippen LogP contribution in [0.2, 0.25) is 15.1 Å². The fraction of sp³-hybridized carbons (Fsp3) is 0. The fourth-order valence-electron chi connectivity index (χ4n) is 2.46. The fourth-order valence-corrected chi connectivity index (χ4v) is 3.02. The molecule has 0 aliphatic carbocycles. The smallest absolute Gasteiger partial charge is 0.131 e. The van der Waals surface area contributed by atoms with E-state index in [-0.39, 0.29) is 28.4 Å². The highest BCUT2D eigenvalue weighted by atomic mass is 35.5. The molecule has 0 radical (unpaired) electrons. The molecule has 0 amide bonds. The Bertz CT molecular complexity index is 866. The first-order valence-electron chi connectivity index (χ1n) is 6.87. The van der Waals surface area contributed by atoms with Gasteiger partial charge < -0.3 is 15.3 Å². The number of phenols is 3. The van der Waals surface area contributed by atoms with Crippen molar-refractivity contribution >= 4 is 34.8 Å². The monoisotopic (exact) mass is 380 g/mol. The lowest BCUT2D eigenvalue weighted by atomic mass is 9.96. The summed E-state index contributed by atoms with van der Waals surface area (Å²) in [6.07, 6.45) is 0. The van der Waals surface area contributed by atoms with Crippen LogP contribution in [0.15, 0.2) is 48.5 Å². The molecule has 0 spiro atoms. The van der Waals surface area contributed by atoms with Gasteiger partial charge in [0.1, 0.15) is 17.2 Å². The Balaban J connectivity index is 2.30. The lowest BCUT2D eigenvalue weighted by Gasteiger charge is -2.14. The molecule has 122 valence electrons. The molecule has 0 bridgehead atoms. The second kappa shape index (κ2) is 6.44. The lowest BCUT2D eigenvalue weighted by molar-refractivity contribution is 0.467. The van der Waals surface area contributed by atoms with E-state index in [4.69, 9.17) is 34.8 Å². The van der Waals surface area contributed by atoms with Crippen LogP contribution in [-0.2, 0) is 0 Å². The van der Waals surface area contributed by atoms with Crippen LogP contribution in [0.25, 0.3) is 22.3 Å². The third-order valence-corrected chi connectivity index (χ3v) is 4.26. The van der Waals surface area contributed by atoms with Crippen LogP contribution in [0.5, 0.6) is 17.2 Å². The van der Waals surface area contributed by atoms with Crippen molar-refractivity contribution in [3.63, 3.8) is 0 Å². The van der Waals surface area contributed by atoms with Crippen LogP contribution in [-0.4, -0.2) is 15.3 Å². The van der Waals surface area contributed by atoms with Crippen LogP contribution in [0.4, 0.5) is 0 Å². The van der Waals surface area contributed by atoms with Gasteiger partial charge in [0.2, 0.25) is 0 Å². The second-order valence-electron chi connectivity index (χ2n) is 5.17. The summed E-state index contributed by atoms with van der Waals surface area (Å²) in [4.78, 5) is 0. The van der Waals surface area contributed by atoms with Crippen LogP contribution >= 0.6 is 34.8 Å². The van der Waals surface area contributed by atoms with Crippen molar-refractivity contribution in [1.82, 2.24) is 0 Å². The minimum Gasteiger partial charge on any atom is -0.507 e. The highest BCUT2D eigenvalue weighted by molar-refractivity contribution is 6.32. The predicted octanol–water partition coefficient (Wildman–Crippen LogP) is 6.10. The lowest BCUT2D eigenvalue weighted by Crippen LogP contribution is -1.87. The molecule has 3 nitrogen and oxygen atoms in total. The van der Waals surface area contributed by atoms with Crippen molar-refractivity contribution < 1.29 is 15.3 Å². The first-order chi connectivity index (χ1) is 11.4. The zero-order valence-corrected chi connectivity index (χ0v) is 14.4. The normalized spacial score (nSPS) is 10.8. The molecule has 0 unspecified atom stereocenters. The molecule has 0 heterocycles. The SMILES string of the molecule is Oc1ccc(Cl)cc1-c1cc(Cl)cc(-c2cc(Cl)ccc2O)c1O. The van der Waals surface area contributed by atoms with Gasteiger partial charge in [-0.3, -0.25) is 0 Å². The van der Waals surface area contributed by atoms with Gasteiger partial charge in [-0.15, -0.1) is 0 Å². The summed E-state index contributed by atoms with van der Waals surface area (Å²) >= 11 is 18.1. The zero-order valence-electron chi connectivity index (χ0n) is 12.1. The van der Waals surface area contributed by atoms with Crippen molar-refractivity contribution in [3.05, 3.63) is 63.6 Å². The molecule has 0 saturated carbocycles. The molecule has 0 aliphatic heterocycles. The Morgan fingerprint density at radius 2 is 0.875 bits per heavy atom. The van der Waals surface area contributed by atoms with Gasteiger partial charge in [0, 0.05) is 37.3 Å². The van der Waals surface area contributed by atoms with E-state index < -0.39 is 0 Å². The first-order valence-corrected chi connectivity index (χ1v) is 8.00. The number of hydrogen-bond donors (Lipinski definition) is 3. The van der Waals surface area contributed by atoms with Crippen LogP contribution in [0.3, 0.4) is 0 Å². The third-order valence-electron chi connectivity index (χ3n) is 3.57. The maximum atomic E-state index is 10.7. The van der Waals surface area contributed by atoms with Crippen molar-refractivity contribution in [1.29, 1.82) is 0 Å². The summed E-state index contributed by atoms with van der Waals surface area (Å²) in [6.45, 7) is 0. The molecule has 0 fully saturated rings. The van der Waals surface area contributed by atoms with Crippen LogP contribution < -0.4 is 0 Å². The molecule has 3 rings (SSSR count). The largest absolute Gasteiger partial charge is 0.507 e. The van der Waals surface area contributed by atoms with Gasteiger partial charge >= 0.3 is 0 Å². The van der Waals surface area contributed by atoms with Crippen LogP contribution in [0, 0.1) is 0 Å². The van der Waals surface area contributed by atoms with Crippen molar-refractivity contribution in [2.75, 3.05) is 0 Å². The molecular weight excluding hydrogens is 371 g/mol. The van der Waals surface area contributed by atoms with Gasteiger partial charge in [-0.25, -0.2) is 0 Å². The summed E-state index contributed by atoms with van der Waals surface area (Å²) in [5, 5.41) is 32.0. The van der Waals surface area contributed by atoms with Gasteiger partial charge in [-0.2, -0.15) is 0 Å². The minimum atomic E-state index is -0.158. The molecule has 0 aliphatic rings. The van der Waals surface area contributed by atoms with Crippen molar-refractivity contribution in [3.8, 4) is 39.5 Å². The summed E-state index contributed by atoms with van der Waals surface area (Å²) in [5.74, 6) is -0.272. The zero-order chi connectivity index (χ0) is 17.4. The second-order valence-corrected chi connectivity index (χ2v) is 6.48. The van der Waals surface area contributed by atoms with Crippen LogP contribution in [0.1, 0.15) is 0 Å². The highest BCUT2D eigenvalue weighted by Gasteiger charge is 2.18. The minimum absolute atomic E-state index is 0.0572. The average Bonchev–Trinajstić information content (AvgIpc) is 2.54. The topological polar surface area (TPSA) is 60.7 Å². The number of aromatic hydroxyl groups is 3. The van der Waals surface area contributed by atoms with Gasteiger partial charge in [0.15, 0.2) is 0 Å². The molecule has 3 N–H and O–H groups in total. The Kier molecular flexibility index (Phi) is 4.50. The Morgan fingerprint density at radius 3 is 1.29 bits per heavy atom.